The lowest BCUT2D eigenvalue weighted by molar-refractivity contribution is -0.154. The molecule has 5 rings (SSSR count). The number of fused-ring (bicyclic) bond motifs is 1. The highest BCUT2D eigenvalue weighted by Crippen LogP contribution is 2.42. The van der Waals surface area contributed by atoms with Gasteiger partial charge in [0, 0.05) is 18.1 Å². The van der Waals surface area contributed by atoms with Crippen LogP contribution >= 0.6 is 11.8 Å². The van der Waals surface area contributed by atoms with Crippen LogP contribution < -0.4 is 5.32 Å². The number of rotatable bonds is 8. The van der Waals surface area contributed by atoms with Crippen molar-refractivity contribution in [2.45, 2.75) is 17.5 Å². The van der Waals surface area contributed by atoms with E-state index >= 15 is 0 Å². The fraction of sp³-hybridized carbons (Fsp3) is 0.143. The number of thioether (sulfide) groups is 1. The van der Waals surface area contributed by atoms with Gasteiger partial charge in [0.05, 0.1) is 0 Å². The highest BCUT2D eigenvalue weighted by atomic mass is 32.2. The Labute approximate surface area is 212 Å². The quantitative estimate of drug-likeness (QED) is 0.290. The number of carbonyl (C=O) groups is 3. The third-order valence-corrected chi connectivity index (χ3v) is 7.33. The molecule has 7 nitrogen and oxygen atoms in total. The molecule has 0 aliphatic carbocycles. The average molecular weight is 498 g/mol. The van der Waals surface area contributed by atoms with Gasteiger partial charge in [0.25, 0.3) is 5.91 Å². The molecular weight excluding hydrogens is 474 g/mol. The number of β-lactam (4-membered cyclic amide) rings is 1. The van der Waals surface area contributed by atoms with Crippen LogP contribution in [0.1, 0.15) is 22.8 Å². The molecule has 180 valence electrons. The lowest BCUT2D eigenvalue weighted by atomic mass is 10.0. The number of aromatic nitrogens is 1. The minimum atomic E-state index is -0.668. The number of nitrogens with zero attached hydrogens (tertiary/aromatic N) is 2. The Kier molecular flexibility index (Phi) is 6.95. The van der Waals surface area contributed by atoms with E-state index in [2.05, 4.69) is 10.3 Å². The van der Waals surface area contributed by atoms with Crippen LogP contribution in [0, 0.1) is 0 Å². The lowest BCUT2D eigenvalue weighted by Crippen LogP contribution is -2.69. The molecule has 1 saturated heterocycles. The van der Waals surface area contributed by atoms with E-state index in [0.717, 1.165) is 16.7 Å². The molecule has 1 aromatic heterocycles. The van der Waals surface area contributed by atoms with Gasteiger partial charge >= 0.3 is 5.97 Å². The van der Waals surface area contributed by atoms with Gasteiger partial charge in [0.2, 0.25) is 6.41 Å². The van der Waals surface area contributed by atoms with Crippen molar-refractivity contribution in [1.82, 2.24) is 15.2 Å². The van der Waals surface area contributed by atoms with Crippen molar-refractivity contribution in [3.63, 3.8) is 0 Å². The molecule has 1 unspecified atom stereocenters. The van der Waals surface area contributed by atoms with Crippen LogP contribution in [-0.4, -0.2) is 45.3 Å². The molecule has 8 heteroatoms. The summed E-state index contributed by atoms with van der Waals surface area (Å²) < 4.78 is 6.10. The molecule has 3 heterocycles. The summed E-state index contributed by atoms with van der Waals surface area (Å²) in [4.78, 5) is 43.3. The third kappa shape index (κ3) is 4.67. The van der Waals surface area contributed by atoms with Gasteiger partial charge in [-0.1, -0.05) is 78.9 Å². The van der Waals surface area contributed by atoms with Crippen LogP contribution in [0.15, 0.2) is 103 Å². The Morgan fingerprint density at radius 1 is 1.03 bits per heavy atom. The second kappa shape index (κ2) is 10.6. The molecule has 2 aromatic carbocycles. The zero-order valence-electron chi connectivity index (χ0n) is 19.2. The molecule has 2 aliphatic heterocycles. The Morgan fingerprint density at radius 3 is 2.33 bits per heavy atom. The van der Waals surface area contributed by atoms with Crippen LogP contribution in [0.25, 0.3) is 6.08 Å². The molecule has 3 aromatic rings. The number of amides is 2. The van der Waals surface area contributed by atoms with E-state index in [-0.39, 0.29) is 17.0 Å². The predicted molar refractivity (Wildman–Crippen MR) is 137 cm³/mol. The summed E-state index contributed by atoms with van der Waals surface area (Å²) in [6, 6.07) is 22.0. The number of carbonyl (C=O) groups excluding carboxylic acids is 3. The summed E-state index contributed by atoms with van der Waals surface area (Å²) in [6.07, 6.45) is 6.95. The Morgan fingerprint density at radius 2 is 1.72 bits per heavy atom. The molecule has 0 spiro atoms. The lowest BCUT2D eigenvalue weighted by Gasteiger charge is -2.49. The minimum absolute atomic E-state index is 0.199. The second-order valence-electron chi connectivity index (χ2n) is 8.27. The Bertz CT molecular complexity index is 1270. The van der Waals surface area contributed by atoms with Gasteiger partial charge in [0.1, 0.15) is 17.1 Å². The maximum Gasteiger partial charge on any atom is 0.356 e. The van der Waals surface area contributed by atoms with Gasteiger partial charge in [0.15, 0.2) is 6.10 Å². The van der Waals surface area contributed by atoms with Gasteiger partial charge in [-0.2, -0.15) is 0 Å². The number of allylic oxidation sites excluding steroid dienone is 1. The minimum Gasteiger partial charge on any atom is -0.448 e. The summed E-state index contributed by atoms with van der Waals surface area (Å²) in [6.45, 7) is 0. The zero-order valence-corrected chi connectivity index (χ0v) is 20.0. The smallest absolute Gasteiger partial charge is 0.356 e. The first kappa shape index (κ1) is 23.6. The van der Waals surface area contributed by atoms with E-state index in [1.807, 2.05) is 84.9 Å². The highest BCUT2D eigenvalue weighted by molar-refractivity contribution is 8.00. The number of ether oxygens (including phenoxy) is 1. The largest absolute Gasteiger partial charge is 0.448 e. The molecule has 1 fully saturated rings. The number of benzene rings is 2. The maximum atomic E-state index is 13.8. The van der Waals surface area contributed by atoms with Crippen LogP contribution in [0.4, 0.5) is 0 Å². The number of nitrogens with one attached hydrogen (secondary N) is 1. The highest BCUT2D eigenvalue weighted by Gasteiger charge is 2.53. The summed E-state index contributed by atoms with van der Waals surface area (Å²) in [5.41, 5.74) is 3.38. The summed E-state index contributed by atoms with van der Waals surface area (Å²) in [5.74, 6) is -0.454. The average Bonchev–Trinajstić information content (AvgIpc) is 2.94. The number of hydrogen-bond acceptors (Lipinski definition) is 6. The Hall–Kier alpha value is -4.17. The molecule has 1 N–H and O–H groups in total. The number of esters is 1. The van der Waals surface area contributed by atoms with Gasteiger partial charge < -0.3 is 10.1 Å². The fourth-order valence-electron chi connectivity index (χ4n) is 4.27. The van der Waals surface area contributed by atoms with Crippen molar-refractivity contribution in [3.8, 4) is 0 Å². The number of hydrogen-bond donors (Lipinski definition) is 1. The zero-order chi connectivity index (χ0) is 24.9. The second-order valence-corrected chi connectivity index (χ2v) is 9.38. The molecule has 2 atom stereocenters. The predicted octanol–water partition coefficient (Wildman–Crippen LogP) is 3.71. The molecule has 2 amide bonds. The van der Waals surface area contributed by atoms with E-state index in [9.17, 15) is 14.4 Å². The Balaban J connectivity index is 1.51. The maximum absolute atomic E-state index is 13.8. The molecule has 2 aliphatic rings. The van der Waals surface area contributed by atoms with Crippen molar-refractivity contribution in [3.05, 3.63) is 119 Å². The van der Waals surface area contributed by atoms with Crippen molar-refractivity contribution in [1.29, 1.82) is 0 Å². The van der Waals surface area contributed by atoms with Crippen LogP contribution in [0.5, 0.6) is 0 Å². The van der Waals surface area contributed by atoms with Crippen LogP contribution in [-0.2, 0) is 19.1 Å². The van der Waals surface area contributed by atoms with E-state index in [0.29, 0.717) is 17.7 Å². The first-order chi connectivity index (χ1) is 17.7. The molecule has 0 saturated carbocycles. The first-order valence-corrected chi connectivity index (χ1v) is 12.5. The summed E-state index contributed by atoms with van der Waals surface area (Å²) >= 11 is 1.49. The molecule has 36 heavy (non-hydrogen) atoms. The van der Waals surface area contributed by atoms with E-state index in [1.54, 1.807) is 12.4 Å². The monoisotopic (exact) mass is 497 g/mol. The number of pyridine rings is 1. The van der Waals surface area contributed by atoms with Crippen molar-refractivity contribution >= 4 is 36.1 Å². The fourth-order valence-corrected chi connectivity index (χ4v) is 5.60. The van der Waals surface area contributed by atoms with Crippen LogP contribution in [0.2, 0.25) is 0 Å². The molecule has 0 bridgehead atoms. The topological polar surface area (TPSA) is 88.6 Å². The van der Waals surface area contributed by atoms with Crippen molar-refractivity contribution < 1.29 is 19.1 Å². The normalized spacial score (nSPS) is 19.1. The van der Waals surface area contributed by atoms with Gasteiger partial charge in [-0.05, 0) is 28.3 Å². The van der Waals surface area contributed by atoms with E-state index < -0.39 is 18.1 Å². The SMILES string of the molecule is O=CNC1C(=O)N2C(C(=O)OC(c3ccccc3)c3ccccc3)=C(/C=C/c3cccnc3)CS[C@H]12. The first-order valence-electron chi connectivity index (χ1n) is 11.4. The third-order valence-electron chi connectivity index (χ3n) is 6.03. The standard InChI is InChI=1S/C28H23N3O4S/c32-18-30-23-26(33)31-24(22(17-36-27(23)31)14-13-19-8-7-15-29-16-19)28(34)35-25(20-9-3-1-4-10-20)21-11-5-2-6-12-21/h1-16,18,23,25,27H,17H2,(H,30,32)/b14-13+/t23?,27-/m1/s1. The van der Waals surface area contributed by atoms with Gasteiger partial charge in [-0.25, -0.2) is 4.79 Å². The van der Waals surface area contributed by atoms with Gasteiger partial charge in [-0.15, -0.1) is 11.8 Å². The van der Waals surface area contributed by atoms with E-state index in [1.165, 1.54) is 16.7 Å². The van der Waals surface area contributed by atoms with Gasteiger partial charge in [-0.3, -0.25) is 19.5 Å². The molecule has 0 radical (unpaired) electrons. The summed E-state index contributed by atoms with van der Waals surface area (Å²) in [5, 5.41) is 2.19. The summed E-state index contributed by atoms with van der Waals surface area (Å²) in [7, 11) is 0. The van der Waals surface area contributed by atoms with Crippen molar-refractivity contribution in [2.24, 2.45) is 0 Å². The van der Waals surface area contributed by atoms with Crippen molar-refractivity contribution in [2.75, 3.05) is 5.75 Å². The molecular formula is C28H23N3O4S. The van der Waals surface area contributed by atoms with E-state index in [4.69, 9.17) is 4.74 Å². The van der Waals surface area contributed by atoms with Crippen LogP contribution in [0.3, 0.4) is 0 Å².